The van der Waals surface area contributed by atoms with Gasteiger partial charge in [0, 0.05) is 18.8 Å². The Morgan fingerprint density at radius 1 is 0.929 bits per heavy atom. The lowest BCUT2D eigenvalue weighted by Crippen LogP contribution is -2.43. The van der Waals surface area contributed by atoms with E-state index in [0.29, 0.717) is 18.8 Å². The van der Waals surface area contributed by atoms with Crippen molar-refractivity contribution in [2.24, 2.45) is 5.10 Å². The van der Waals surface area contributed by atoms with E-state index < -0.39 is 17.6 Å². The number of nitrogens with zero attached hydrogens (tertiary/aromatic N) is 2. The van der Waals surface area contributed by atoms with Crippen molar-refractivity contribution < 1.29 is 18.0 Å². The Kier molecular flexibility index (Phi) is 6.18. The summed E-state index contributed by atoms with van der Waals surface area (Å²) < 4.78 is 38.7. The number of hydrogen-bond donors (Lipinski definition) is 2. The van der Waals surface area contributed by atoms with Crippen LogP contribution in [0.1, 0.15) is 24.8 Å². The van der Waals surface area contributed by atoms with Gasteiger partial charge in [0.2, 0.25) is 5.84 Å². The summed E-state index contributed by atoms with van der Waals surface area (Å²) in [5.41, 5.74) is 2.62. The van der Waals surface area contributed by atoms with Crippen LogP contribution in [0.25, 0.3) is 0 Å². The van der Waals surface area contributed by atoms with Gasteiger partial charge in [-0.25, -0.2) is 0 Å². The third kappa shape index (κ3) is 5.25. The van der Waals surface area contributed by atoms with Crippen molar-refractivity contribution in [3.8, 4) is 0 Å². The van der Waals surface area contributed by atoms with Crippen LogP contribution >= 0.6 is 0 Å². The average molecular weight is 390 g/mol. The summed E-state index contributed by atoms with van der Waals surface area (Å²) in [6.45, 7) is 1.34. The minimum Gasteiger partial charge on any atom is -0.351 e. The summed E-state index contributed by atoms with van der Waals surface area (Å²) in [7, 11) is 0. The zero-order valence-electron chi connectivity index (χ0n) is 15.2. The largest absolute Gasteiger partial charge is 0.416 e. The Bertz CT molecular complexity index is 831. The molecule has 0 spiro atoms. The minimum atomic E-state index is -4.44. The summed E-state index contributed by atoms with van der Waals surface area (Å²) in [5, 5.41) is 6.93. The van der Waals surface area contributed by atoms with Gasteiger partial charge in [-0.05, 0) is 49.6 Å². The molecule has 28 heavy (non-hydrogen) atoms. The predicted molar refractivity (Wildman–Crippen MR) is 103 cm³/mol. The van der Waals surface area contributed by atoms with Crippen LogP contribution in [0.3, 0.4) is 0 Å². The van der Waals surface area contributed by atoms with Crippen molar-refractivity contribution in [3.05, 3.63) is 60.2 Å². The molecule has 1 amide bonds. The Balaban J connectivity index is 1.81. The number of rotatable bonds is 3. The van der Waals surface area contributed by atoms with Crippen molar-refractivity contribution in [1.82, 2.24) is 4.90 Å². The van der Waals surface area contributed by atoms with E-state index in [-0.39, 0.29) is 11.5 Å². The predicted octanol–water partition coefficient (Wildman–Crippen LogP) is 4.56. The first-order valence-electron chi connectivity index (χ1n) is 9.06. The van der Waals surface area contributed by atoms with E-state index in [1.54, 1.807) is 24.3 Å². The molecule has 148 valence electrons. The Hall–Kier alpha value is -3.03. The van der Waals surface area contributed by atoms with Crippen molar-refractivity contribution in [2.75, 3.05) is 23.8 Å². The number of benzene rings is 2. The number of halogens is 3. The van der Waals surface area contributed by atoms with Crippen molar-refractivity contribution in [3.63, 3.8) is 0 Å². The molecule has 2 aromatic carbocycles. The van der Waals surface area contributed by atoms with Crippen molar-refractivity contribution in [1.29, 1.82) is 0 Å². The van der Waals surface area contributed by atoms with Gasteiger partial charge in [-0.1, -0.05) is 24.3 Å². The quantitative estimate of drug-likeness (QED) is 0.459. The number of hydrazone groups is 1. The molecule has 0 radical (unpaired) electrons. The van der Waals surface area contributed by atoms with E-state index in [4.69, 9.17) is 0 Å². The number of carbonyl (C=O) groups excluding carboxylic acids is 1. The maximum Gasteiger partial charge on any atom is 0.416 e. The van der Waals surface area contributed by atoms with Gasteiger partial charge in [0.15, 0.2) is 0 Å². The summed E-state index contributed by atoms with van der Waals surface area (Å²) in [5.74, 6) is -0.256. The first-order valence-corrected chi connectivity index (χ1v) is 9.06. The third-order valence-electron chi connectivity index (χ3n) is 4.37. The van der Waals surface area contributed by atoms with E-state index in [0.717, 1.165) is 31.4 Å². The third-order valence-corrected chi connectivity index (χ3v) is 4.37. The number of amidine groups is 1. The highest BCUT2D eigenvalue weighted by Crippen LogP contribution is 2.30. The molecule has 1 saturated heterocycles. The zero-order valence-corrected chi connectivity index (χ0v) is 15.2. The number of piperidine rings is 1. The maximum absolute atomic E-state index is 12.9. The maximum atomic E-state index is 12.9. The number of carbonyl (C=O) groups is 1. The van der Waals surface area contributed by atoms with Gasteiger partial charge in [0.25, 0.3) is 5.91 Å². The van der Waals surface area contributed by atoms with Crippen molar-refractivity contribution in [2.45, 2.75) is 25.4 Å². The number of anilines is 2. The lowest BCUT2D eigenvalue weighted by molar-refractivity contribution is -0.137. The van der Waals surface area contributed by atoms with Gasteiger partial charge in [0.1, 0.15) is 0 Å². The van der Waals surface area contributed by atoms with Crippen LogP contribution in [-0.2, 0) is 11.0 Å². The molecule has 2 aromatic rings. The van der Waals surface area contributed by atoms with Gasteiger partial charge in [-0.2, -0.15) is 18.3 Å². The van der Waals surface area contributed by atoms with Gasteiger partial charge in [0.05, 0.1) is 11.3 Å². The number of alkyl halides is 3. The summed E-state index contributed by atoms with van der Waals surface area (Å²) in [6.07, 6.45) is -1.50. The fraction of sp³-hybridized carbons (Fsp3) is 0.300. The van der Waals surface area contributed by atoms with Crippen molar-refractivity contribution >= 4 is 23.1 Å². The number of hydrogen-bond acceptors (Lipinski definition) is 3. The first-order chi connectivity index (χ1) is 13.4. The normalized spacial score (nSPS) is 15.2. The fourth-order valence-electron chi connectivity index (χ4n) is 2.96. The van der Waals surface area contributed by atoms with Crippen LogP contribution in [0.2, 0.25) is 0 Å². The Labute approximate surface area is 161 Å². The number of amides is 1. The lowest BCUT2D eigenvalue weighted by atomic mass is 10.1. The molecule has 0 bridgehead atoms. The zero-order chi connectivity index (χ0) is 20.0. The average Bonchev–Trinajstić information content (AvgIpc) is 2.69. The summed E-state index contributed by atoms with van der Waals surface area (Å²) >= 11 is 0. The van der Waals surface area contributed by atoms with Gasteiger partial charge in [-0.15, -0.1) is 0 Å². The molecule has 2 N–H and O–H groups in total. The van der Waals surface area contributed by atoms with Crippen LogP contribution in [-0.4, -0.2) is 29.7 Å². The van der Waals surface area contributed by atoms with E-state index >= 15 is 0 Å². The number of para-hydroxylation sites is 1. The molecule has 0 saturated carbocycles. The molecule has 1 aliphatic heterocycles. The molecule has 1 heterocycles. The molecular formula is C20H21F3N4O. The van der Waals surface area contributed by atoms with Crippen LogP contribution in [0.4, 0.5) is 24.5 Å². The molecule has 0 unspecified atom stereocenters. The highest BCUT2D eigenvalue weighted by Gasteiger charge is 2.30. The van der Waals surface area contributed by atoms with E-state index in [2.05, 4.69) is 15.8 Å². The molecule has 0 atom stereocenters. The highest BCUT2D eigenvalue weighted by molar-refractivity contribution is 6.42. The topological polar surface area (TPSA) is 56.7 Å². The monoisotopic (exact) mass is 390 g/mol. The smallest absolute Gasteiger partial charge is 0.351 e. The summed E-state index contributed by atoms with van der Waals surface area (Å²) in [6, 6.07) is 13.7. The van der Waals surface area contributed by atoms with E-state index in [1.807, 2.05) is 11.0 Å². The van der Waals surface area contributed by atoms with Crippen LogP contribution in [0, 0.1) is 0 Å². The van der Waals surface area contributed by atoms with Gasteiger partial charge in [-0.3, -0.25) is 10.2 Å². The van der Waals surface area contributed by atoms with Crippen LogP contribution < -0.4 is 10.7 Å². The molecule has 0 aliphatic carbocycles. The van der Waals surface area contributed by atoms with Gasteiger partial charge >= 0.3 is 6.18 Å². The second-order valence-electron chi connectivity index (χ2n) is 6.49. The molecule has 8 heteroatoms. The lowest BCUT2D eigenvalue weighted by Gasteiger charge is -2.28. The van der Waals surface area contributed by atoms with Gasteiger partial charge < -0.3 is 10.2 Å². The minimum absolute atomic E-state index is 0.154. The fourth-order valence-corrected chi connectivity index (χ4v) is 2.96. The standard InChI is InChI=1S/C20H21F3N4O/c21-20(22,23)15-8-7-11-17(14-15)25-26-18(27-12-5-2-6-13-27)19(28)24-16-9-3-1-4-10-16/h1,3-4,7-11,14,25H,2,5-6,12-13H2,(H,24,28)/b26-18+. The van der Waals surface area contributed by atoms with Crippen LogP contribution in [0.15, 0.2) is 59.7 Å². The summed E-state index contributed by atoms with van der Waals surface area (Å²) in [4.78, 5) is 14.6. The second-order valence-corrected chi connectivity index (χ2v) is 6.49. The van der Waals surface area contributed by atoms with E-state index in [9.17, 15) is 18.0 Å². The molecule has 1 aliphatic rings. The molecule has 1 fully saturated rings. The molecule has 5 nitrogen and oxygen atoms in total. The Morgan fingerprint density at radius 2 is 1.61 bits per heavy atom. The first kappa shape index (κ1) is 19.7. The SMILES string of the molecule is O=C(Nc1ccccc1)/C(=N\Nc1cccc(C(F)(F)F)c1)N1CCCCC1. The molecule has 3 rings (SSSR count). The Morgan fingerprint density at radius 3 is 2.29 bits per heavy atom. The van der Waals surface area contributed by atoms with E-state index in [1.165, 1.54) is 12.1 Å². The molecular weight excluding hydrogens is 369 g/mol. The van der Waals surface area contributed by atoms with Crippen LogP contribution in [0.5, 0.6) is 0 Å². The second kappa shape index (κ2) is 8.77. The highest BCUT2D eigenvalue weighted by atomic mass is 19.4. The number of nitrogens with one attached hydrogen (secondary N) is 2. The number of likely N-dealkylation sites (tertiary alicyclic amines) is 1. The molecule has 0 aromatic heterocycles.